The molecule has 2 aliphatic rings. The minimum atomic E-state index is 0.420. The van der Waals surface area contributed by atoms with Gasteiger partial charge < -0.3 is 9.80 Å². The number of aromatic nitrogens is 6. The van der Waals surface area contributed by atoms with E-state index in [1.165, 1.54) is 0 Å². The predicted molar refractivity (Wildman–Crippen MR) is 104 cm³/mol. The van der Waals surface area contributed by atoms with Crippen LogP contribution in [-0.2, 0) is 7.05 Å². The molecule has 27 heavy (non-hydrogen) atoms. The molecule has 5 rings (SSSR count). The fourth-order valence-electron chi connectivity index (χ4n) is 4.39. The van der Waals surface area contributed by atoms with Crippen LogP contribution < -0.4 is 9.80 Å². The van der Waals surface area contributed by atoms with Crippen LogP contribution in [0.5, 0.6) is 0 Å². The highest BCUT2D eigenvalue weighted by Crippen LogP contribution is 2.36. The number of anilines is 2. The molecule has 3 aromatic rings. The Bertz CT molecular complexity index is 967. The van der Waals surface area contributed by atoms with E-state index in [1.807, 2.05) is 17.9 Å². The molecule has 3 aromatic heterocycles. The zero-order valence-corrected chi connectivity index (χ0v) is 15.9. The van der Waals surface area contributed by atoms with Gasteiger partial charge in [0, 0.05) is 63.0 Å². The number of hydrogen-bond acceptors (Lipinski definition) is 7. The van der Waals surface area contributed by atoms with Gasteiger partial charge in [-0.1, -0.05) is 13.8 Å². The van der Waals surface area contributed by atoms with E-state index < -0.39 is 0 Å². The van der Waals surface area contributed by atoms with Crippen LogP contribution in [0, 0.1) is 11.8 Å². The van der Waals surface area contributed by atoms with E-state index in [4.69, 9.17) is 0 Å². The second-order valence-corrected chi connectivity index (χ2v) is 8.02. The van der Waals surface area contributed by atoms with Crippen molar-refractivity contribution in [3.8, 4) is 0 Å². The molecule has 0 spiro atoms. The molecular weight excluding hydrogens is 340 g/mol. The van der Waals surface area contributed by atoms with Crippen molar-refractivity contribution in [1.29, 1.82) is 0 Å². The van der Waals surface area contributed by atoms with Crippen LogP contribution in [0.25, 0.3) is 11.0 Å². The van der Waals surface area contributed by atoms with Crippen molar-refractivity contribution in [3.05, 3.63) is 30.6 Å². The van der Waals surface area contributed by atoms with Gasteiger partial charge in [-0.05, 0) is 5.92 Å². The number of aryl methyl sites for hydroxylation is 1. The normalized spacial score (nSPS) is 22.2. The van der Waals surface area contributed by atoms with Gasteiger partial charge in [0.25, 0.3) is 0 Å². The van der Waals surface area contributed by atoms with Crippen molar-refractivity contribution in [1.82, 2.24) is 29.7 Å². The molecule has 0 bridgehead atoms. The maximum absolute atomic E-state index is 4.56. The van der Waals surface area contributed by atoms with Crippen LogP contribution in [0.2, 0.25) is 0 Å². The lowest BCUT2D eigenvalue weighted by molar-refractivity contribution is 0.533. The summed E-state index contributed by atoms with van der Waals surface area (Å²) in [5.41, 5.74) is 1.88. The lowest BCUT2D eigenvalue weighted by atomic mass is 10.0. The van der Waals surface area contributed by atoms with Gasteiger partial charge in [-0.15, -0.1) is 0 Å². The fraction of sp³-hybridized carbons (Fsp3) is 0.526. The van der Waals surface area contributed by atoms with E-state index in [9.17, 15) is 0 Å². The quantitative estimate of drug-likeness (QED) is 0.702. The highest BCUT2D eigenvalue weighted by molar-refractivity contribution is 5.86. The molecule has 5 heterocycles. The number of fused-ring (bicyclic) bond motifs is 2. The van der Waals surface area contributed by atoms with E-state index in [-0.39, 0.29) is 0 Å². The van der Waals surface area contributed by atoms with Crippen molar-refractivity contribution in [2.75, 3.05) is 36.0 Å². The van der Waals surface area contributed by atoms with Gasteiger partial charge in [0.2, 0.25) is 0 Å². The summed E-state index contributed by atoms with van der Waals surface area (Å²) in [4.78, 5) is 22.6. The van der Waals surface area contributed by atoms with Crippen LogP contribution in [0.4, 0.5) is 11.6 Å². The smallest absolute Gasteiger partial charge is 0.186 e. The van der Waals surface area contributed by atoms with E-state index in [2.05, 4.69) is 54.7 Å². The molecule has 8 nitrogen and oxygen atoms in total. The Morgan fingerprint density at radius 3 is 2.37 bits per heavy atom. The van der Waals surface area contributed by atoms with E-state index >= 15 is 0 Å². The zero-order chi connectivity index (χ0) is 18.5. The minimum absolute atomic E-state index is 0.420. The molecule has 0 saturated carbocycles. The topological polar surface area (TPSA) is 75.9 Å². The minimum Gasteiger partial charge on any atom is -0.356 e. The Balaban J connectivity index is 1.34. The average molecular weight is 364 g/mol. The van der Waals surface area contributed by atoms with Gasteiger partial charge >= 0.3 is 0 Å². The van der Waals surface area contributed by atoms with E-state index in [0.717, 1.165) is 54.5 Å². The third kappa shape index (κ3) is 2.79. The van der Waals surface area contributed by atoms with Crippen molar-refractivity contribution in [2.24, 2.45) is 18.9 Å². The Morgan fingerprint density at radius 1 is 0.926 bits per heavy atom. The molecule has 2 fully saturated rings. The number of hydrogen-bond donors (Lipinski definition) is 0. The third-order valence-electron chi connectivity index (χ3n) is 5.79. The van der Waals surface area contributed by atoms with Crippen LogP contribution in [0.1, 0.15) is 25.5 Å². The Morgan fingerprint density at radius 2 is 1.63 bits per heavy atom. The molecule has 0 aliphatic carbocycles. The summed E-state index contributed by atoms with van der Waals surface area (Å²) in [6.07, 6.45) is 5.34. The maximum Gasteiger partial charge on any atom is 0.186 e. The summed E-state index contributed by atoms with van der Waals surface area (Å²) < 4.78 is 1.81. The largest absolute Gasteiger partial charge is 0.356 e. The molecule has 140 valence electrons. The summed E-state index contributed by atoms with van der Waals surface area (Å²) in [6, 6.07) is 2.15. The Hall–Kier alpha value is -2.77. The third-order valence-corrected chi connectivity index (χ3v) is 5.79. The second-order valence-electron chi connectivity index (χ2n) is 8.02. The van der Waals surface area contributed by atoms with Gasteiger partial charge in [-0.25, -0.2) is 19.9 Å². The van der Waals surface area contributed by atoms with E-state index in [1.54, 1.807) is 12.7 Å². The molecule has 0 aromatic carbocycles. The van der Waals surface area contributed by atoms with Gasteiger partial charge in [0.1, 0.15) is 24.3 Å². The predicted octanol–water partition coefficient (Wildman–Crippen LogP) is 1.85. The highest BCUT2D eigenvalue weighted by atomic mass is 15.3. The first kappa shape index (κ1) is 16.4. The molecule has 2 unspecified atom stereocenters. The molecule has 2 aliphatic heterocycles. The molecule has 2 saturated heterocycles. The molecule has 0 radical (unpaired) electrons. The second kappa shape index (κ2) is 6.14. The van der Waals surface area contributed by atoms with Crippen LogP contribution in [-0.4, -0.2) is 55.9 Å². The molecule has 8 heteroatoms. The number of rotatable bonds is 3. The first-order chi connectivity index (χ1) is 13.1. The van der Waals surface area contributed by atoms with Gasteiger partial charge in [0.15, 0.2) is 5.65 Å². The first-order valence-corrected chi connectivity index (χ1v) is 9.54. The van der Waals surface area contributed by atoms with Crippen LogP contribution >= 0.6 is 0 Å². The fourth-order valence-corrected chi connectivity index (χ4v) is 4.39. The monoisotopic (exact) mass is 364 g/mol. The van der Waals surface area contributed by atoms with Crippen molar-refractivity contribution in [2.45, 2.75) is 19.8 Å². The first-order valence-electron chi connectivity index (χ1n) is 9.54. The zero-order valence-electron chi connectivity index (χ0n) is 15.9. The van der Waals surface area contributed by atoms with Gasteiger partial charge in [-0.2, -0.15) is 5.10 Å². The molecule has 2 atom stereocenters. The summed E-state index contributed by atoms with van der Waals surface area (Å²) >= 11 is 0. The van der Waals surface area contributed by atoms with Crippen molar-refractivity contribution in [3.63, 3.8) is 0 Å². The maximum atomic E-state index is 4.56. The standard InChI is InChI=1S/C19H24N8/c1-12(2)16-4-17(21-10-20-16)26-5-13-7-27(8-14(13)6-26)19-15-9-25(3)24-18(15)22-11-23-19/h4,9-14H,5-8H2,1-3H3. The summed E-state index contributed by atoms with van der Waals surface area (Å²) in [7, 11) is 1.93. The van der Waals surface area contributed by atoms with E-state index in [0.29, 0.717) is 17.8 Å². The Kier molecular flexibility index (Phi) is 3.73. The number of nitrogens with zero attached hydrogens (tertiary/aromatic N) is 8. The highest BCUT2D eigenvalue weighted by Gasteiger charge is 2.41. The van der Waals surface area contributed by atoms with Gasteiger partial charge in [-0.3, -0.25) is 4.68 Å². The van der Waals surface area contributed by atoms with Gasteiger partial charge in [0.05, 0.1) is 5.39 Å². The van der Waals surface area contributed by atoms with Crippen LogP contribution in [0.15, 0.2) is 24.9 Å². The summed E-state index contributed by atoms with van der Waals surface area (Å²) in [5.74, 6) is 3.75. The van der Waals surface area contributed by atoms with Crippen molar-refractivity contribution >= 4 is 22.7 Å². The SMILES string of the molecule is CC(C)c1cc(N2CC3CN(c4ncnc5nn(C)cc45)CC3C2)ncn1. The van der Waals surface area contributed by atoms with Crippen molar-refractivity contribution < 1.29 is 0 Å². The lowest BCUT2D eigenvalue weighted by Gasteiger charge is -2.23. The summed E-state index contributed by atoms with van der Waals surface area (Å²) in [6.45, 7) is 8.45. The lowest BCUT2D eigenvalue weighted by Crippen LogP contribution is -2.29. The van der Waals surface area contributed by atoms with Crippen LogP contribution in [0.3, 0.4) is 0 Å². The summed E-state index contributed by atoms with van der Waals surface area (Å²) in [5, 5.41) is 5.44. The molecular formula is C19H24N8. The average Bonchev–Trinajstić information content (AvgIpc) is 3.32. The molecule has 0 amide bonds. The molecule has 0 N–H and O–H groups in total. The Labute approximate surface area is 158 Å².